The number of aromatic nitrogens is 1. The predicted molar refractivity (Wildman–Crippen MR) is 111 cm³/mol. The zero-order valence-corrected chi connectivity index (χ0v) is 16.4. The highest BCUT2D eigenvalue weighted by atomic mass is 35.5. The lowest BCUT2D eigenvalue weighted by Gasteiger charge is -2.31. The molecule has 6 heteroatoms. The van der Waals surface area contributed by atoms with E-state index >= 15 is 0 Å². The number of hydrogen-bond donors (Lipinski definition) is 1. The molecule has 4 rings (SSSR count). The van der Waals surface area contributed by atoms with Gasteiger partial charge < -0.3 is 19.9 Å². The minimum atomic E-state index is 0.744. The molecule has 27 heavy (non-hydrogen) atoms. The van der Waals surface area contributed by atoms with E-state index in [1.54, 1.807) is 0 Å². The molecule has 3 heterocycles. The van der Waals surface area contributed by atoms with Crippen molar-refractivity contribution in [2.75, 3.05) is 49.2 Å². The van der Waals surface area contributed by atoms with Crippen molar-refractivity contribution in [3.8, 4) is 0 Å². The maximum Gasteiger partial charge on any atom is 0.128 e. The van der Waals surface area contributed by atoms with Gasteiger partial charge >= 0.3 is 0 Å². The summed E-state index contributed by atoms with van der Waals surface area (Å²) in [5.74, 6) is 1.10. The van der Waals surface area contributed by atoms with Crippen LogP contribution in [0, 0.1) is 0 Å². The monoisotopic (exact) mass is 386 g/mol. The molecule has 2 aliphatic heterocycles. The molecule has 0 amide bonds. The molecule has 1 aromatic carbocycles. The van der Waals surface area contributed by atoms with Gasteiger partial charge in [0.1, 0.15) is 5.82 Å². The largest absolute Gasteiger partial charge is 0.378 e. The summed E-state index contributed by atoms with van der Waals surface area (Å²) in [5.41, 5.74) is 3.63. The van der Waals surface area contributed by atoms with E-state index in [9.17, 15) is 0 Å². The molecule has 5 nitrogen and oxygen atoms in total. The third-order valence-electron chi connectivity index (χ3n) is 5.32. The highest BCUT2D eigenvalue weighted by molar-refractivity contribution is 6.31. The fourth-order valence-corrected chi connectivity index (χ4v) is 4.08. The Morgan fingerprint density at radius 2 is 1.81 bits per heavy atom. The Morgan fingerprint density at radius 1 is 1.00 bits per heavy atom. The van der Waals surface area contributed by atoms with Gasteiger partial charge in [-0.25, -0.2) is 4.98 Å². The maximum atomic E-state index is 6.53. The number of nitrogens with zero attached hydrogens (tertiary/aromatic N) is 3. The van der Waals surface area contributed by atoms with Gasteiger partial charge in [0.05, 0.1) is 13.2 Å². The molecule has 1 aromatic heterocycles. The van der Waals surface area contributed by atoms with Crippen molar-refractivity contribution < 1.29 is 4.74 Å². The van der Waals surface area contributed by atoms with Crippen molar-refractivity contribution in [2.24, 2.45) is 0 Å². The Kier molecular flexibility index (Phi) is 6.12. The molecular formula is C21H27ClN4O. The highest BCUT2D eigenvalue weighted by Crippen LogP contribution is 2.28. The van der Waals surface area contributed by atoms with E-state index in [4.69, 9.17) is 16.3 Å². The third kappa shape index (κ3) is 4.54. The van der Waals surface area contributed by atoms with E-state index in [0.29, 0.717) is 0 Å². The zero-order chi connectivity index (χ0) is 18.5. The van der Waals surface area contributed by atoms with Gasteiger partial charge in [0.2, 0.25) is 0 Å². The number of ether oxygens (including phenoxy) is 1. The van der Waals surface area contributed by atoms with E-state index in [0.717, 1.165) is 68.9 Å². The molecule has 0 aliphatic carbocycles. The second-order valence-electron chi connectivity index (χ2n) is 7.16. The van der Waals surface area contributed by atoms with E-state index in [1.165, 1.54) is 24.1 Å². The van der Waals surface area contributed by atoms with Gasteiger partial charge in [-0.05, 0) is 42.7 Å². The predicted octanol–water partition coefficient (Wildman–Crippen LogP) is 3.46. The molecule has 2 saturated heterocycles. The Balaban J connectivity index is 1.41. The van der Waals surface area contributed by atoms with Crippen LogP contribution in [-0.2, 0) is 17.8 Å². The highest BCUT2D eigenvalue weighted by Gasteiger charge is 2.17. The Bertz CT molecular complexity index is 758. The first kappa shape index (κ1) is 18.5. The first-order valence-corrected chi connectivity index (χ1v) is 10.2. The average Bonchev–Trinajstić information content (AvgIpc) is 3.25. The Hall–Kier alpha value is -1.82. The fraction of sp³-hybridized carbons (Fsp3) is 0.476. The lowest BCUT2D eigenvalue weighted by Crippen LogP contribution is -2.37. The average molecular weight is 387 g/mol. The Morgan fingerprint density at radius 3 is 2.63 bits per heavy atom. The van der Waals surface area contributed by atoms with Gasteiger partial charge in [-0.1, -0.05) is 17.7 Å². The number of rotatable bonds is 6. The van der Waals surface area contributed by atoms with Crippen molar-refractivity contribution in [1.82, 2.24) is 10.3 Å². The minimum Gasteiger partial charge on any atom is -0.378 e. The zero-order valence-electron chi connectivity index (χ0n) is 15.7. The van der Waals surface area contributed by atoms with Crippen molar-refractivity contribution in [3.63, 3.8) is 0 Å². The van der Waals surface area contributed by atoms with E-state index in [2.05, 4.69) is 38.3 Å². The number of halogens is 1. The summed E-state index contributed by atoms with van der Waals surface area (Å²) < 4.78 is 5.48. The second-order valence-corrected chi connectivity index (χ2v) is 7.56. The van der Waals surface area contributed by atoms with Crippen LogP contribution in [0.3, 0.4) is 0 Å². The maximum absolute atomic E-state index is 6.53. The summed E-state index contributed by atoms with van der Waals surface area (Å²) >= 11 is 6.53. The molecule has 0 bridgehead atoms. The van der Waals surface area contributed by atoms with E-state index in [-0.39, 0.29) is 0 Å². The molecule has 2 fully saturated rings. The van der Waals surface area contributed by atoms with Crippen LogP contribution in [0.1, 0.15) is 24.0 Å². The number of morpholine rings is 1. The number of hydrogen-bond acceptors (Lipinski definition) is 5. The molecule has 0 spiro atoms. The van der Waals surface area contributed by atoms with E-state index in [1.807, 2.05) is 18.3 Å². The molecule has 0 radical (unpaired) electrons. The summed E-state index contributed by atoms with van der Waals surface area (Å²) in [6, 6.07) is 10.4. The molecule has 2 aromatic rings. The first-order chi connectivity index (χ1) is 13.3. The number of anilines is 2. The molecule has 0 atom stereocenters. The smallest absolute Gasteiger partial charge is 0.128 e. The van der Waals surface area contributed by atoms with Crippen molar-refractivity contribution in [2.45, 2.75) is 25.9 Å². The summed E-state index contributed by atoms with van der Waals surface area (Å²) in [5, 5.41) is 4.39. The van der Waals surface area contributed by atoms with Crippen LogP contribution >= 0.6 is 11.6 Å². The quantitative estimate of drug-likeness (QED) is 0.823. The molecule has 0 unspecified atom stereocenters. The van der Waals surface area contributed by atoms with Crippen LogP contribution in [0.2, 0.25) is 5.02 Å². The first-order valence-electron chi connectivity index (χ1n) is 9.82. The summed E-state index contributed by atoms with van der Waals surface area (Å²) in [6.45, 7) is 7.16. The van der Waals surface area contributed by atoms with Gasteiger partial charge in [0.25, 0.3) is 0 Å². The van der Waals surface area contributed by atoms with Crippen molar-refractivity contribution in [3.05, 3.63) is 52.7 Å². The number of pyridine rings is 1. The Labute approximate surface area is 166 Å². The van der Waals surface area contributed by atoms with E-state index < -0.39 is 0 Å². The summed E-state index contributed by atoms with van der Waals surface area (Å²) in [6.07, 6.45) is 4.45. The number of benzene rings is 1. The molecule has 2 aliphatic rings. The van der Waals surface area contributed by atoms with Gasteiger partial charge in [-0.2, -0.15) is 0 Å². The van der Waals surface area contributed by atoms with Gasteiger partial charge in [0, 0.05) is 61.7 Å². The molecule has 144 valence electrons. The fourth-order valence-electron chi connectivity index (χ4n) is 3.84. The summed E-state index contributed by atoms with van der Waals surface area (Å²) in [4.78, 5) is 9.27. The lowest BCUT2D eigenvalue weighted by molar-refractivity contribution is 0.122. The lowest BCUT2D eigenvalue weighted by atomic mass is 10.1. The molecule has 1 N–H and O–H groups in total. The van der Waals surface area contributed by atoms with Crippen molar-refractivity contribution in [1.29, 1.82) is 0 Å². The van der Waals surface area contributed by atoms with Crippen LogP contribution < -0.4 is 15.1 Å². The van der Waals surface area contributed by atoms with Crippen LogP contribution in [0.4, 0.5) is 11.5 Å². The van der Waals surface area contributed by atoms with Crippen LogP contribution in [-0.4, -0.2) is 44.4 Å². The van der Waals surface area contributed by atoms with Gasteiger partial charge in [0.15, 0.2) is 0 Å². The van der Waals surface area contributed by atoms with Crippen molar-refractivity contribution >= 4 is 23.1 Å². The topological polar surface area (TPSA) is 40.6 Å². The number of nitrogens with one attached hydrogen (secondary N) is 1. The normalized spacial score (nSPS) is 17.5. The van der Waals surface area contributed by atoms with Crippen LogP contribution in [0.25, 0.3) is 0 Å². The standard InChI is InChI=1S/C21H27ClN4O/c22-19-4-3-5-20(25-10-12-27-13-11-25)18(19)16-23-15-17-6-7-24-21(14-17)26-8-1-2-9-26/h3-7,14,23H,1-2,8-13,15-16H2. The second kappa shape index (κ2) is 8.91. The van der Waals surface area contributed by atoms with Crippen LogP contribution in [0.15, 0.2) is 36.5 Å². The van der Waals surface area contributed by atoms with Crippen LogP contribution in [0.5, 0.6) is 0 Å². The molecular weight excluding hydrogens is 360 g/mol. The van der Waals surface area contributed by atoms with Gasteiger partial charge in [-0.3, -0.25) is 0 Å². The summed E-state index contributed by atoms with van der Waals surface area (Å²) in [7, 11) is 0. The minimum absolute atomic E-state index is 0.744. The third-order valence-corrected chi connectivity index (χ3v) is 5.67. The van der Waals surface area contributed by atoms with Gasteiger partial charge in [-0.15, -0.1) is 0 Å². The molecule has 0 saturated carbocycles. The SMILES string of the molecule is Clc1cccc(N2CCOCC2)c1CNCc1ccnc(N2CCCC2)c1.